The molecule has 0 aliphatic heterocycles. The fourth-order valence-electron chi connectivity index (χ4n) is 3.95. The third-order valence-corrected chi connectivity index (χ3v) is 5.69. The van der Waals surface area contributed by atoms with Crippen molar-refractivity contribution in [2.75, 3.05) is 0 Å². The van der Waals surface area contributed by atoms with E-state index in [2.05, 4.69) is 6.92 Å². The monoisotopic (exact) mass is 430 g/mol. The van der Waals surface area contributed by atoms with E-state index in [4.69, 9.17) is 0 Å². The molecule has 0 saturated heterocycles. The third-order valence-electron chi connectivity index (χ3n) is 5.69. The molecule has 0 amide bonds. The molecule has 1 fully saturated rings. The van der Waals surface area contributed by atoms with E-state index in [0.717, 1.165) is 37.3 Å². The standard InChI is InChI=1S/C24H28F6/c1-2-3-4-5-6-7-17-8-10-19(11-9-17)22(26)23(27)20-13-12-18(21(25)16-20)14-15-24(28,29)30/h12-13,16-17,19H,2-11H2,1H3/b23-22+. The lowest BCUT2D eigenvalue weighted by molar-refractivity contribution is -0.0696. The van der Waals surface area contributed by atoms with Crippen LogP contribution in [0.4, 0.5) is 26.3 Å². The highest BCUT2D eigenvalue weighted by atomic mass is 19.4. The van der Waals surface area contributed by atoms with Crippen LogP contribution < -0.4 is 0 Å². The predicted molar refractivity (Wildman–Crippen MR) is 107 cm³/mol. The number of benzene rings is 1. The maximum atomic E-state index is 14.6. The van der Waals surface area contributed by atoms with E-state index in [1.165, 1.54) is 32.1 Å². The van der Waals surface area contributed by atoms with Gasteiger partial charge in [-0.3, -0.25) is 0 Å². The van der Waals surface area contributed by atoms with Gasteiger partial charge in [-0.2, -0.15) is 13.2 Å². The maximum absolute atomic E-state index is 14.6. The first-order valence-electron chi connectivity index (χ1n) is 10.7. The van der Waals surface area contributed by atoms with E-state index in [1.807, 2.05) is 0 Å². The first-order valence-corrected chi connectivity index (χ1v) is 10.7. The van der Waals surface area contributed by atoms with Crippen molar-refractivity contribution >= 4 is 5.83 Å². The number of hydrogen-bond acceptors (Lipinski definition) is 0. The second-order valence-corrected chi connectivity index (χ2v) is 8.02. The zero-order chi connectivity index (χ0) is 22.1. The van der Waals surface area contributed by atoms with Crippen LogP contribution in [0.25, 0.3) is 5.83 Å². The fourth-order valence-corrected chi connectivity index (χ4v) is 3.95. The number of hydrogen-bond donors (Lipinski definition) is 0. The Kier molecular flexibility index (Phi) is 9.33. The van der Waals surface area contributed by atoms with E-state index in [9.17, 15) is 26.3 Å². The molecule has 1 aromatic carbocycles. The Labute approximate surface area is 174 Å². The summed E-state index contributed by atoms with van der Waals surface area (Å²) in [4.78, 5) is 0. The van der Waals surface area contributed by atoms with E-state index < -0.39 is 35.1 Å². The Hall–Kier alpha value is -1.90. The van der Waals surface area contributed by atoms with Crippen LogP contribution >= 0.6 is 0 Å². The lowest BCUT2D eigenvalue weighted by atomic mass is 9.79. The molecule has 1 aliphatic carbocycles. The minimum absolute atomic E-state index is 0.319. The molecule has 0 bridgehead atoms. The predicted octanol–water partition coefficient (Wildman–Crippen LogP) is 8.51. The SMILES string of the molecule is CCCCCCCC1CCC(/C(F)=C(\F)c2ccc(C#CC(F)(F)F)c(F)c2)CC1. The van der Waals surface area contributed by atoms with Gasteiger partial charge < -0.3 is 0 Å². The van der Waals surface area contributed by atoms with Crippen LogP contribution in [0, 0.1) is 29.5 Å². The largest absolute Gasteiger partial charge is 0.458 e. The third kappa shape index (κ3) is 7.74. The van der Waals surface area contributed by atoms with Gasteiger partial charge in [0, 0.05) is 17.4 Å². The lowest BCUT2D eigenvalue weighted by Crippen LogP contribution is -2.15. The van der Waals surface area contributed by atoms with Crippen LogP contribution in [0.5, 0.6) is 0 Å². The smallest absolute Gasteiger partial charge is 0.208 e. The molecule has 0 radical (unpaired) electrons. The second-order valence-electron chi connectivity index (χ2n) is 8.02. The van der Waals surface area contributed by atoms with Crippen molar-refractivity contribution in [3.63, 3.8) is 0 Å². The summed E-state index contributed by atoms with van der Waals surface area (Å²) in [5.74, 6) is -0.523. The summed E-state index contributed by atoms with van der Waals surface area (Å²) in [5.41, 5.74) is -0.829. The summed E-state index contributed by atoms with van der Waals surface area (Å²) < 4.78 is 79.5. The first-order chi connectivity index (χ1) is 14.2. The molecule has 0 unspecified atom stereocenters. The highest BCUT2D eigenvalue weighted by Gasteiger charge is 2.27. The topological polar surface area (TPSA) is 0 Å². The summed E-state index contributed by atoms with van der Waals surface area (Å²) in [7, 11) is 0. The van der Waals surface area contributed by atoms with E-state index in [-0.39, 0.29) is 5.56 Å². The normalized spacial score (nSPS) is 20.4. The van der Waals surface area contributed by atoms with Gasteiger partial charge in [0.15, 0.2) is 5.83 Å². The van der Waals surface area contributed by atoms with Gasteiger partial charge in [-0.15, -0.1) is 0 Å². The van der Waals surface area contributed by atoms with Crippen molar-refractivity contribution in [3.8, 4) is 11.8 Å². The Morgan fingerprint density at radius 1 is 1.00 bits per heavy atom. The number of unbranched alkanes of at least 4 members (excludes halogenated alkanes) is 4. The molecule has 0 atom stereocenters. The highest BCUT2D eigenvalue weighted by molar-refractivity contribution is 5.62. The molecule has 1 aliphatic rings. The van der Waals surface area contributed by atoms with Crippen LogP contribution in [0.15, 0.2) is 24.0 Å². The van der Waals surface area contributed by atoms with Gasteiger partial charge in [0.25, 0.3) is 0 Å². The van der Waals surface area contributed by atoms with Crippen LogP contribution in [-0.2, 0) is 0 Å². The number of alkyl halides is 3. The number of allylic oxidation sites excluding steroid dienone is 1. The van der Waals surface area contributed by atoms with Gasteiger partial charge in [-0.25, -0.2) is 13.2 Å². The van der Waals surface area contributed by atoms with Gasteiger partial charge >= 0.3 is 6.18 Å². The molecule has 1 saturated carbocycles. The van der Waals surface area contributed by atoms with E-state index in [0.29, 0.717) is 24.8 Å². The minimum atomic E-state index is -4.75. The van der Waals surface area contributed by atoms with Crippen molar-refractivity contribution in [1.29, 1.82) is 0 Å². The molecular formula is C24H28F6. The van der Waals surface area contributed by atoms with E-state index >= 15 is 0 Å². The Bertz CT molecular complexity index is 773. The number of halogens is 6. The Morgan fingerprint density at radius 3 is 2.27 bits per heavy atom. The molecule has 0 nitrogen and oxygen atoms in total. The van der Waals surface area contributed by atoms with Crippen LogP contribution in [0.1, 0.15) is 82.3 Å². The highest BCUT2D eigenvalue weighted by Crippen LogP contribution is 2.39. The maximum Gasteiger partial charge on any atom is 0.458 e. The summed E-state index contributed by atoms with van der Waals surface area (Å²) in [5, 5.41) is 0. The van der Waals surface area contributed by atoms with Crippen molar-refractivity contribution < 1.29 is 26.3 Å². The summed E-state index contributed by atoms with van der Waals surface area (Å²) in [6.07, 6.45) is 5.24. The molecule has 30 heavy (non-hydrogen) atoms. The molecule has 1 aromatic rings. The van der Waals surface area contributed by atoms with Gasteiger partial charge in [-0.1, -0.05) is 57.4 Å². The average Bonchev–Trinajstić information content (AvgIpc) is 2.71. The molecule has 6 heteroatoms. The van der Waals surface area contributed by atoms with Gasteiger partial charge in [0.05, 0.1) is 5.56 Å². The molecule has 166 valence electrons. The molecule has 0 aromatic heterocycles. The second kappa shape index (κ2) is 11.5. The Balaban J connectivity index is 1.95. The molecule has 2 rings (SSSR count). The van der Waals surface area contributed by atoms with Crippen molar-refractivity contribution in [2.24, 2.45) is 11.8 Å². The van der Waals surface area contributed by atoms with Crippen molar-refractivity contribution in [3.05, 3.63) is 41.0 Å². The van der Waals surface area contributed by atoms with E-state index in [1.54, 1.807) is 5.92 Å². The Morgan fingerprint density at radius 2 is 1.67 bits per heavy atom. The molecular weight excluding hydrogens is 402 g/mol. The van der Waals surface area contributed by atoms with Crippen molar-refractivity contribution in [1.82, 2.24) is 0 Å². The molecule has 0 N–H and O–H groups in total. The summed E-state index contributed by atoms with van der Waals surface area (Å²) >= 11 is 0. The minimum Gasteiger partial charge on any atom is -0.208 e. The van der Waals surface area contributed by atoms with Gasteiger partial charge in [0.2, 0.25) is 0 Å². The van der Waals surface area contributed by atoms with Crippen LogP contribution in [-0.4, -0.2) is 6.18 Å². The lowest BCUT2D eigenvalue weighted by Gasteiger charge is -2.27. The van der Waals surface area contributed by atoms with Gasteiger partial charge in [0.1, 0.15) is 11.6 Å². The van der Waals surface area contributed by atoms with Crippen molar-refractivity contribution in [2.45, 2.75) is 77.3 Å². The molecule has 0 heterocycles. The van der Waals surface area contributed by atoms with Gasteiger partial charge in [-0.05, 0) is 43.7 Å². The van der Waals surface area contributed by atoms with Crippen LogP contribution in [0.3, 0.4) is 0 Å². The summed E-state index contributed by atoms with van der Waals surface area (Å²) in [6, 6.07) is 2.68. The molecule has 0 spiro atoms. The average molecular weight is 430 g/mol. The zero-order valence-electron chi connectivity index (χ0n) is 17.2. The quantitative estimate of drug-likeness (QED) is 0.220. The summed E-state index contributed by atoms with van der Waals surface area (Å²) in [6.45, 7) is 2.17. The van der Waals surface area contributed by atoms with Crippen LogP contribution in [0.2, 0.25) is 0 Å². The first kappa shape index (κ1) is 24.4. The number of rotatable bonds is 8. The fraction of sp³-hybridized carbons (Fsp3) is 0.583. The zero-order valence-corrected chi connectivity index (χ0v) is 17.2.